The van der Waals surface area contributed by atoms with Gasteiger partial charge in [0, 0.05) is 35.0 Å². The first-order chi connectivity index (χ1) is 19.3. The Morgan fingerprint density at radius 2 is 1.38 bits per heavy atom. The number of anilines is 1. The number of carbonyl (C=O) groups excluding carboxylic acids is 4. The van der Waals surface area contributed by atoms with E-state index in [2.05, 4.69) is 32.9 Å². The summed E-state index contributed by atoms with van der Waals surface area (Å²) in [5.74, 6) is 6.81. The molecule has 0 aromatic heterocycles. The molecule has 212 valence electrons. The van der Waals surface area contributed by atoms with Gasteiger partial charge in [-0.15, -0.1) is 0 Å². The summed E-state index contributed by atoms with van der Waals surface area (Å²) >= 11 is 3.88. The SMILES string of the molecule is CC(C)[C@@H]1CSC[C@@H]2C1=CC[C@@H]1C(=O)CC(=O)[C@@H]12.C[C@@H]1CSC[C@@H]2C1=CC[C@@H]1C(=O)N(c3ccccc3)C(=O)[C@@H]12. The van der Waals surface area contributed by atoms with Crippen molar-refractivity contribution in [2.45, 2.75) is 40.0 Å². The second-order valence-corrected chi connectivity index (χ2v) is 14.8. The van der Waals surface area contributed by atoms with Crippen molar-refractivity contribution in [2.75, 3.05) is 27.9 Å². The molecule has 0 bridgehead atoms. The summed E-state index contributed by atoms with van der Waals surface area (Å²) in [4.78, 5) is 51.1. The van der Waals surface area contributed by atoms with Crippen LogP contribution in [0.25, 0.3) is 0 Å². The molecular weight excluding hydrogens is 539 g/mol. The van der Waals surface area contributed by atoms with Crippen LogP contribution in [0.5, 0.6) is 0 Å². The highest BCUT2D eigenvalue weighted by Crippen LogP contribution is 2.50. The van der Waals surface area contributed by atoms with E-state index in [1.165, 1.54) is 21.8 Å². The molecule has 0 radical (unpaired) electrons. The minimum atomic E-state index is -0.160. The normalized spacial score (nSPS) is 36.6. The fraction of sp³-hybridized carbons (Fsp3) is 0.576. The highest BCUT2D eigenvalue weighted by molar-refractivity contribution is 7.99. The van der Waals surface area contributed by atoms with Gasteiger partial charge in [0.15, 0.2) is 0 Å². The number of imide groups is 1. The Labute approximate surface area is 246 Å². The monoisotopic (exact) mass is 577 g/mol. The molecule has 3 aliphatic heterocycles. The average molecular weight is 578 g/mol. The molecule has 4 fully saturated rings. The summed E-state index contributed by atoms with van der Waals surface area (Å²) in [7, 11) is 0. The smallest absolute Gasteiger partial charge is 0.238 e. The maximum Gasteiger partial charge on any atom is 0.238 e. The van der Waals surface area contributed by atoms with E-state index in [4.69, 9.17) is 0 Å². The van der Waals surface area contributed by atoms with Gasteiger partial charge in [0.05, 0.1) is 23.9 Å². The van der Waals surface area contributed by atoms with Gasteiger partial charge in [-0.05, 0) is 54.4 Å². The maximum absolute atomic E-state index is 13.0. The number of thioether (sulfide) groups is 2. The summed E-state index contributed by atoms with van der Waals surface area (Å²) in [6.07, 6.45) is 6.28. The molecule has 5 nitrogen and oxygen atoms in total. The van der Waals surface area contributed by atoms with E-state index >= 15 is 0 Å². The van der Waals surface area contributed by atoms with Crippen LogP contribution in [0.15, 0.2) is 53.6 Å². The van der Waals surface area contributed by atoms with E-state index in [1.54, 1.807) is 0 Å². The number of para-hydroxylation sites is 1. The van der Waals surface area contributed by atoms with Gasteiger partial charge in [-0.3, -0.25) is 24.1 Å². The molecule has 7 rings (SSSR count). The number of amides is 2. The standard InChI is InChI=1S/C18H19NO2S.C15H20O2S/c1-11-9-22-10-15-13(11)7-8-14-16(15)18(21)19(17(14)20)12-5-3-2-4-6-12;1-8(2)11-6-18-7-12-9(11)3-4-10-13(16)5-14(17)15(10)12/h2-7,11,14-16H,8-10H2,1H3;3,8,10-12,15H,4-7H2,1-2H3/t11-,14+,15-,16+;10-,11+,12-,15+/m11/s1. The summed E-state index contributed by atoms with van der Waals surface area (Å²) < 4.78 is 0. The molecule has 1 aromatic carbocycles. The van der Waals surface area contributed by atoms with Crippen LogP contribution in [0.4, 0.5) is 5.69 Å². The Hall–Kier alpha value is -2.12. The van der Waals surface area contributed by atoms with Crippen molar-refractivity contribution < 1.29 is 19.2 Å². The lowest BCUT2D eigenvalue weighted by Gasteiger charge is -2.41. The van der Waals surface area contributed by atoms with Crippen LogP contribution in [0.1, 0.15) is 40.0 Å². The first kappa shape index (κ1) is 28.0. The number of Topliss-reactive ketones (excluding diaryl/α,β-unsaturated/α-hetero) is 2. The highest BCUT2D eigenvalue weighted by atomic mass is 32.2. The van der Waals surface area contributed by atoms with Gasteiger partial charge in [-0.2, -0.15) is 23.5 Å². The van der Waals surface area contributed by atoms with Crippen molar-refractivity contribution in [3.8, 4) is 0 Å². The van der Waals surface area contributed by atoms with Gasteiger partial charge in [-0.1, -0.05) is 62.3 Å². The van der Waals surface area contributed by atoms with Crippen LogP contribution in [-0.2, 0) is 19.2 Å². The molecular formula is C33H39NO4S2. The lowest BCUT2D eigenvalue weighted by Crippen LogP contribution is -2.38. The third kappa shape index (κ3) is 4.75. The van der Waals surface area contributed by atoms with Crippen molar-refractivity contribution in [1.82, 2.24) is 0 Å². The zero-order chi connectivity index (χ0) is 28.1. The van der Waals surface area contributed by atoms with E-state index < -0.39 is 0 Å². The molecule has 3 aliphatic carbocycles. The van der Waals surface area contributed by atoms with Crippen molar-refractivity contribution in [3.05, 3.63) is 53.6 Å². The third-order valence-corrected chi connectivity index (χ3v) is 12.6. The number of fused-ring (bicyclic) bond motifs is 6. The largest absolute Gasteiger partial charge is 0.299 e. The first-order valence-electron chi connectivity index (χ1n) is 14.8. The summed E-state index contributed by atoms with van der Waals surface area (Å²) in [5, 5.41) is 0. The second-order valence-electron chi connectivity index (χ2n) is 12.6. The van der Waals surface area contributed by atoms with Gasteiger partial charge in [0.25, 0.3) is 0 Å². The third-order valence-electron chi connectivity index (χ3n) is 10.1. The Kier molecular flexibility index (Phi) is 7.90. The van der Waals surface area contributed by atoms with Gasteiger partial charge >= 0.3 is 0 Å². The van der Waals surface area contributed by atoms with E-state index in [9.17, 15) is 19.2 Å². The molecule has 0 N–H and O–H groups in total. The molecule has 0 unspecified atom stereocenters. The summed E-state index contributed by atoms with van der Waals surface area (Å²) in [5.41, 5.74) is 3.62. The number of rotatable bonds is 2. The van der Waals surface area contributed by atoms with Crippen molar-refractivity contribution >= 4 is 52.6 Å². The number of carbonyl (C=O) groups is 4. The number of ketones is 2. The molecule has 7 heteroatoms. The van der Waals surface area contributed by atoms with E-state index in [0.717, 1.165) is 30.1 Å². The molecule has 6 aliphatic rings. The fourth-order valence-electron chi connectivity index (χ4n) is 8.01. The Morgan fingerprint density at radius 1 is 0.725 bits per heavy atom. The molecule has 2 amide bonds. The summed E-state index contributed by atoms with van der Waals surface area (Å²) in [6.45, 7) is 6.77. The second kappa shape index (κ2) is 11.3. The fourth-order valence-corrected chi connectivity index (χ4v) is 11.0. The molecule has 40 heavy (non-hydrogen) atoms. The Bertz CT molecular complexity index is 1270. The van der Waals surface area contributed by atoms with E-state index in [-0.39, 0.29) is 59.4 Å². The zero-order valence-electron chi connectivity index (χ0n) is 23.6. The van der Waals surface area contributed by atoms with Crippen molar-refractivity contribution in [3.63, 3.8) is 0 Å². The first-order valence-corrected chi connectivity index (χ1v) is 17.1. The molecule has 1 saturated carbocycles. The van der Waals surface area contributed by atoms with Crippen LogP contribution in [0.2, 0.25) is 0 Å². The topological polar surface area (TPSA) is 71.5 Å². The van der Waals surface area contributed by atoms with Crippen LogP contribution >= 0.6 is 23.5 Å². The number of benzene rings is 1. The molecule has 3 saturated heterocycles. The number of hydrogen-bond acceptors (Lipinski definition) is 6. The highest BCUT2D eigenvalue weighted by Gasteiger charge is 2.54. The van der Waals surface area contributed by atoms with Crippen LogP contribution < -0.4 is 4.90 Å². The number of nitrogens with zero attached hydrogens (tertiary/aromatic N) is 1. The Balaban J connectivity index is 0.000000148. The van der Waals surface area contributed by atoms with Gasteiger partial charge < -0.3 is 0 Å². The number of allylic oxidation sites excluding steroid dienone is 4. The predicted molar refractivity (Wildman–Crippen MR) is 162 cm³/mol. The minimum Gasteiger partial charge on any atom is -0.299 e. The Morgan fingerprint density at radius 3 is 2.10 bits per heavy atom. The quantitative estimate of drug-likeness (QED) is 0.250. The van der Waals surface area contributed by atoms with Crippen molar-refractivity contribution in [1.29, 1.82) is 0 Å². The zero-order valence-corrected chi connectivity index (χ0v) is 25.2. The minimum absolute atomic E-state index is 0.00602. The predicted octanol–water partition coefficient (Wildman–Crippen LogP) is 5.85. The average Bonchev–Trinajstić information content (AvgIpc) is 3.40. The molecule has 1 aromatic rings. The molecule has 8 atom stereocenters. The van der Waals surface area contributed by atoms with Gasteiger partial charge in [-0.25, -0.2) is 0 Å². The van der Waals surface area contributed by atoms with Crippen molar-refractivity contribution in [2.24, 2.45) is 53.3 Å². The lowest BCUT2D eigenvalue weighted by molar-refractivity contribution is -0.124. The lowest BCUT2D eigenvalue weighted by atomic mass is 9.68. The summed E-state index contributed by atoms with van der Waals surface area (Å²) in [6, 6.07) is 9.35. The van der Waals surface area contributed by atoms with E-state index in [0.29, 0.717) is 29.4 Å². The maximum atomic E-state index is 13.0. The van der Waals surface area contributed by atoms with E-state index in [1.807, 2.05) is 53.9 Å². The van der Waals surface area contributed by atoms with Gasteiger partial charge in [0.2, 0.25) is 11.8 Å². The number of hydrogen-bond donors (Lipinski definition) is 0. The van der Waals surface area contributed by atoms with Crippen LogP contribution in [0.3, 0.4) is 0 Å². The molecule has 0 spiro atoms. The van der Waals surface area contributed by atoms with Crippen LogP contribution in [0, 0.1) is 53.3 Å². The van der Waals surface area contributed by atoms with Gasteiger partial charge in [0.1, 0.15) is 11.6 Å². The van der Waals surface area contributed by atoms with Crippen LogP contribution in [-0.4, -0.2) is 46.4 Å². The molecule has 3 heterocycles.